The highest BCUT2D eigenvalue weighted by molar-refractivity contribution is 5.81. The van der Waals surface area contributed by atoms with Crippen molar-refractivity contribution in [2.45, 2.75) is 44.4 Å². The number of amides is 1. The Labute approximate surface area is 140 Å². The van der Waals surface area contributed by atoms with Crippen LogP contribution in [0.4, 0.5) is 0 Å². The molecule has 2 fully saturated rings. The Balaban J connectivity index is 1.62. The Morgan fingerprint density at radius 1 is 1.21 bits per heavy atom. The summed E-state index contributed by atoms with van der Waals surface area (Å²) in [6, 6.07) is 7.78. The van der Waals surface area contributed by atoms with Gasteiger partial charge >= 0.3 is 5.69 Å². The predicted molar refractivity (Wildman–Crippen MR) is 90.9 cm³/mol. The van der Waals surface area contributed by atoms with Gasteiger partial charge in [0.05, 0.1) is 29.8 Å². The van der Waals surface area contributed by atoms with Gasteiger partial charge in [0.1, 0.15) is 6.54 Å². The first kappa shape index (κ1) is 15.4. The smallest absolute Gasteiger partial charge is 0.329 e. The van der Waals surface area contributed by atoms with E-state index in [1.165, 1.54) is 6.42 Å². The van der Waals surface area contributed by atoms with Crippen molar-refractivity contribution >= 4 is 16.9 Å². The Bertz CT molecular complexity index is 821. The highest BCUT2D eigenvalue weighted by Crippen LogP contribution is 2.28. The fourth-order valence-corrected chi connectivity index (χ4v) is 4.15. The second-order valence-electron chi connectivity index (χ2n) is 6.76. The number of rotatable bonds is 2. The predicted octanol–water partition coefficient (Wildman–Crippen LogP) is 1.51. The number of carbonyl (C=O) groups is 1. The molecule has 1 aromatic carbocycles. The molecule has 0 spiro atoms. The molecule has 6 nitrogen and oxygen atoms in total. The Kier molecular flexibility index (Phi) is 3.92. The maximum Gasteiger partial charge on any atom is 0.329 e. The standard InChI is InChI=1S/C18H23N3O3/c1-19-13-6-2-3-7-14(13)21(18(19)23)12-17(22)20-10-11-24-16-9-5-4-8-15(16)20/h2-3,6-7,15-16H,4-5,8-12H2,1H3/t15-,16-/m1/s1. The van der Waals surface area contributed by atoms with Crippen LogP contribution in [-0.2, 0) is 23.1 Å². The number of hydrogen-bond acceptors (Lipinski definition) is 3. The first-order valence-corrected chi connectivity index (χ1v) is 8.72. The summed E-state index contributed by atoms with van der Waals surface area (Å²) in [5.74, 6) is 0.0219. The summed E-state index contributed by atoms with van der Waals surface area (Å²) >= 11 is 0. The summed E-state index contributed by atoms with van der Waals surface area (Å²) in [7, 11) is 1.75. The van der Waals surface area contributed by atoms with E-state index in [4.69, 9.17) is 4.74 Å². The number of benzene rings is 1. The quantitative estimate of drug-likeness (QED) is 0.839. The number of nitrogens with zero attached hydrogens (tertiary/aromatic N) is 3. The SMILES string of the molecule is Cn1c(=O)n(CC(=O)N2CCO[C@@H]3CCCC[C@H]32)c2ccccc21. The van der Waals surface area contributed by atoms with Crippen molar-refractivity contribution in [3.05, 3.63) is 34.7 Å². The second kappa shape index (κ2) is 6.09. The Morgan fingerprint density at radius 2 is 1.96 bits per heavy atom. The second-order valence-corrected chi connectivity index (χ2v) is 6.76. The lowest BCUT2D eigenvalue weighted by atomic mass is 9.90. The monoisotopic (exact) mass is 329 g/mol. The van der Waals surface area contributed by atoms with Crippen LogP contribution in [0.2, 0.25) is 0 Å². The van der Waals surface area contributed by atoms with Crippen LogP contribution >= 0.6 is 0 Å². The molecule has 128 valence electrons. The molecule has 4 rings (SSSR count). The van der Waals surface area contributed by atoms with Gasteiger partial charge in [-0.15, -0.1) is 0 Å². The molecule has 1 aliphatic heterocycles. The van der Waals surface area contributed by atoms with Gasteiger partial charge in [0.2, 0.25) is 5.91 Å². The highest BCUT2D eigenvalue weighted by Gasteiger charge is 2.36. The van der Waals surface area contributed by atoms with Gasteiger partial charge in [-0.3, -0.25) is 13.9 Å². The van der Waals surface area contributed by atoms with Crippen LogP contribution in [0.15, 0.2) is 29.1 Å². The molecule has 2 heterocycles. The first-order chi connectivity index (χ1) is 11.7. The highest BCUT2D eigenvalue weighted by atomic mass is 16.5. The zero-order valence-corrected chi connectivity index (χ0v) is 14.0. The molecule has 2 aromatic rings. The lowest BCUT2D eigenvalue weighted by molar-refractivity contribution is -0.150. The van der Waals surface area contributed by atoms with Gasteiger partial charge in [-0.1, -0.05) is 25.0 Å². The number of aryl methyl sites for hydroxylation is 1. The number of imidazole rings is 1. The number of para-hydroxylation sites is 2. The van der Waals surface area contributed by atoms with Crippen molar-refractivity contribution in [3.63, 3.8) is 0 Å². The molecule has 1 saturated heterocycles. The van der Waals surface area contributed by atoms with Gasteiger partial charge in [0.15, 0.2) is 0 Å². The summed E-state index contributed by atoms with van der Waals surface area (Å²) in [4.78, 5) is 27.4. The fourth-order valence-electron chi connectivity index (χ4n) is 4.15. The molecule has 0 radical (unpaired) electrons. The van der Waals surface area contributed by atoms with E-state index in [1.807, 2.05) is 29.2 Å². The van der Waals surface area contributed by atoms with Crippen LogP contribution in [-0.4, -0.2) is 45.2 Å². The molecular weight excluding hydrogens is 306 g/mol. The summed E-state index contributed by atoms with van der Waals surface area (Å²) < 4.78 is 9.03. The summed E-state index contributed by atoms with van der Waals surface area (Å²) in [5.41, 5.74) is 1.53. The van der Waals surface area contributed by atoms with Crippen molar-refractivity contribution in [1.29, 1.82) is 0 Å². The average molecular weight is 329 g/mol. The molecule has 0 bridgehead atoms. The van der Waals surface area contributed by atoms with E-state index in [0.717, 1.165) is 30.3 Å². The molecule has 0 unspecified atom stereocenters. The average Bonchev–Trinajstić information content (AvgIpc) is 2.86. The number of carbonyl (C=O) groups excluding carboxylic acids is 1. The van der Waals surface area contributed by atoms with Gasteiger partial charge in [-0.25, -0.2) is 4.79 Å². The van der Waals surface area contributed by atoms with E-state index in [1.54, 1.807) is 16.2 Å². The minimum atomic E-state index is -0.141. The molecule has 1 aliphatic carbocycles. The minimum Gasteiger partial charge on any atom is -0.374 e. The number of hydrogen-bond donors (Lipinski definition) is 0. The lowest BCUT2D eigenvalue weighted by Crippen LogP contribution is -2.55. The molecule has 1 amide bonds. The molecule has 1 aromatic heterocycles. The fraction of sp³-hybridized carbons (Fsp3) is 0.556. The van der Waals surface area contributed by atoms with Crippen molar-refractivity contribution in [2.75, 3.05) is 13.2 Å². The third-order valence-electron chi connectivity index (χ3n) is 5.40. The number of morpholine rings is 1. The van der Waals surface area contributed by atoms with E-state index in [-0.39, 0.29) is 30.3 Å². The summed E-state index contributed by atoms with van der Waals surface area (Å²) in [6.07, 6.45) is 4.51. The number of ether oxygens (including phenoxy) is 1. The van der Waals surface area contributed by atoms with E-state index in [9.17, 15) is 9.59 Å². The van der Waals surface area contributed by atoms with Crippen LogP contribution < -0.4 is 5.69 Å². The van der Waals surface area contributed by atoms with Crippen molar-refractivity contribution in [3.8, 4) is 0 Å². The van der Waals surface area contributed by atoms with Gasteiger partial charge in [0, 0.05) is 13.6 Å². The normalized spacial score (nSPS) is 24.1. The molecule has 2 atom stereocenters. The number of aromatic nitrogens is 2. The minimum absolute atomic E-state index is 0.0219. The van der Waals surface area contributed by atoms with Crippen LogP contribution in [0, 0.1) is 0 Å². The van der Waals surface area contributed by atoms with Crippen molar-refractivity contribution in [2.24, 2.45) is 7.05 Å². The zero-order chi connectivity index (χ0) is 16.7. The molecule has 1 saturated carbocycles. The van der Waals surface area contributed by atoms with E-state index in [0.29, 0.717) is 13.2 Å². The summed E-state index contributed by atoms with van der Waals surface area (Å²) in [6.45, 7) is 1.32. The van der Waals surface area contributed by atoms with Crippen LogP contribution in [0.5, 0.6) is 0 Å². The molecule has 6 heteroatoms. The van der Waals surface area contributed by atoms with Gasteiger partial charge in [-0.2, -0.15) is 0 Å². The molecule has 2 aliphatic rings. The molecular formula is C18H23N3O3. The van der Waals surface area contributed by atoms with E-state index in [2.05, 4.69) is 0 Å². The van der Waals surface area contributed by atoms with Gasteiger partial charge in [-0.05, 0) is 25.0 Å². The molecule has 0 N–H and O–H groups in total. The number of fused-ring (bicyclic) bond motifs is 2. The maximum absolute atomic E-state index is 12.9. The van der Waals surface area contributed by atoms with Crippen molar-refractivity contribution < 1.29 is 9.53 Å². The van der Waals surface area contributed by atoms with Crippen molar-refractivity contribution in [1.82, 2.24) is 14.0 Å². The Morgan fingerprint density at radius 3 is 2.79 bits per heavy atom. The first-order valence-electron chi connectivity index (χ1n) is 8.72. The third kappa shape index (κ3) is 2.45. The van der Waals surface area contributed by atoms with Gasteiger partial charge in [0.25, 0.3) is 0 Å². The van der Waals surface area contributed by atoms with Gasteiger partial charge < -0.3 is 9.64 Å². The molecule has 24 heavy (non-hydrogen) atoms. The third-order valence-corrected chi connectivity index (χ3v) is 5.40. The van der Waals surface area contributed by atoms with E-state index >= 15 is 0 Å². The van der Waals surface area contributed by atoms with Crippen LogP contribution in [0.3, 0.4) is 0 Å². The Hall–Kier alpha value is -2.08. The maximum atomic E-state index is 12.9. The topological polar surface area (TPSA) is 56.5 Å². The largest absolute Gasteiger partial charge is 0.374 e. The summed E-state index contributed by atoms with van der Waals surface area (Å²) in [5, 5.41) is 0. The lowest BCUT2D eigenvalue weighted by Gasteiger charge is -2.43. The van der Waals surface area contributed by atoms with Crippen LogP contribution in [0.1, 0.15) is 25.7 Å². The van der Waals surface area contributed by atoms with Crippen LogP contribution in [0.25, 0.3) is 11.0 Å². The van der Waals surface area contributed by atoms with E-state index < -0.39 is 0 Å². The zero-order valence-electron chi connectivity index (χ0n) is 14.0.